The van der Waals surface area contributed by atoms with Crippen molar-refractivity contribution in [2.75, 3.05) is 12.4 Å². The van der Waals surface area contributed by atoms with E-state index in [0.717, 1.165) is 16.3 Å². The first-order valence-electron chi connectivity index (χ1n) is 7.66. The molecule has 2 rings (SSSR count). The number of hydrogen-bond acceptors (Lipinski definition) is 4. The number of rotatable bonds is 5. The Morgan fingerprint density at radius 2 is 2.04 bits per heavy atom. The minimum atomic E-state index is -0.298. The van der Waals surface area contributed by atoms with Gasteiger partial charge in [-0.1, -0.05) is 18.2 Å². The molecule has 0 saturated heterocycles. The maximum atomic E-state index is 12.2. The van der Waals surface area contributed by atoms with Crippen molar-refractivity contribution >= 4 is 29.0 Å². The van der Waals surface area contributed by atoms with Crippen LogP contribution in [0.1, 0.15) is 36.2 Å². The number of aromatic nitrogens is 1. The second kappa shape index (κ2) is 7.92. The smallest absolute Gasteiger partial charge is 0.319 e. The number of anilines is 1. The second-order valence-electron chi connectivity index (χ2n) is 5.68. The molecule has 0 spiro atoms. The fourth-order valence-electron chi connectivity index (χ4n) is 2.13. The fraction of sp³-hybridized carbons (Fsp3) is 0.353. The first-order valence-corrected chi connectivity index (χ1v) is 8.54. The quantitative estimate of drug-likeness (QED) is 0.872. The van der Waals surface area contributed by atoms with Crippen molar-refractivity contribution in [3.63, 3.8) is 0 Å². The highest BCUT2D eigenvalue weighted by molar-refractivity contribution is 7.09. The molecule has 6 nitrogen and oxygen atoms in total. The molecule has 1 aromatic carbocycles. The molecule has 0 radical (unpaired) electrons. The molecule has 1 aromatic heterocycles. The number of benzene rings is 1. The summed E-state index contributed by atoms with van der Waals surface area (Å²) in [4.78, 5) is 29.6. The number of para-hydroxylation sites is 1. The van der Waals surface area contributed by atoms with E-state index in [1.54, 1.807) is 11.9 Å². The van der Waals surface area contributed by atoms with E-state index in [-0.39, 0.29) is 18.0 Å². The molecule has 24 heavy (non-hydrogen) atoms. The lowest BCUT2D eigenvalue weighted by atomic mass is 10.1. The van der Waals surface area contributed by atoms with Gasteiger partial charge in [0, 0.05) is 37.3 Å². The third-order valence-corrected chi connectivity index (χ3v) is 4.71. The Bertz CT molecular complexity index is 729. The van der Waals surface area contributed by atoms with Gasteiger partial charge in [-0.3, -0.25) is 4.79 Å². The maximum absolute atomic E-state index is 12.2. The van der Waals surface area contributed by atoms with Crippen molar-refractivity contribution in [3.05, 3.63) is 45.9 Å². The number of nitrogens with zero attached hydrogens (tertiary/aromatic N) is 2. The summed E-state index contributed by atoms with van der Waals surface area (Å²) in [5.74, 6) is -0.0259. The molecule has 1 atom stereocenters. The molecule has 0 unspecified atom stereocenters. The lowest BCUT2D eigenvalue weighted by Gasteiger charge is -2.18. The van der Waals surface area contributed by atoms with Gasteiger partial charge in [-0.15, -0.1) is 11.3 Å². The van der Waals surface area contributed by atoms with Crippen molar-refractivity contribution in [1.29, 1.82) is 0 Å². The molecule has 0 aliphatic carbocycles. The lowest BCUT2D eigenvalue weighted by Crippen LogP contribution is -2.32. The van der Waals surface area contributed by atoms with Gasteiger partial charge in [0.25, 0.3) is 0 Å². The van der Waals surface area contributed by atoms with E-state index in [1.807, 2.05) is 43.5 Å². The van der Waals surface area contributed by atoms with E-state index < -0.39 is 0 Å². The van der Waals surface area contributed by atoms with Gasteiger partial charge in [-0.05, 0) is 25.5 Å². The summed E-state index contributed by atoms with van der Waals surface area (Å²) in [6.45, 7) is 5.77. The summed E-state index contributed by atoms with van der Waals surface area (Å²) in [5, 5.41) is 8.55. The van der Waals surface area contributed by atoms with E-state index in [9.17, 15) is 9.59 Å². The molecular formula is C17H22N4O2S. The molecule has 0 aliphatic rings. The first kappa shape index (κ1) is 17.9. The van der Waals surface area contributed by atoms with Crippen LogP contribution in [0, 0.1) is 6.92 Å². The van der Waals surface area contributed by atoms with Crippen molar-refractivity contribution < 1.29 is 9.59 Å². The first-order chi connectivity index (χ1) is 11.4. The normalized spacial score (nSPS) is 11.7. The highest BCUT2D eigenvalue weighted by Gasteiger charge is 2.14. The molecule has 2 aromatic rings. The van der Waals surface area contributed by atoms with Crippen LogP contribution in [0.15, 0.2) is 29.6 Å². The minimum Gasteiger partial charge on any atom is -0.342 e. The monoisotopic (exact) mass is 346 g/mol. The number of amides is 3. The lowest BCUT2D eigenvalue weighted by molar-refractivity contribution is -0.128. The van der Waals surface area contributed by atoms with Crippen LogP contribution >= 0.6 is 11.3 Å². The number of nitrogens with one attached hydrogen (secondary N) is 2. The average Bonchev–Trinajstić information content (AvgIpc) is 2.95. The second-order valence-corrected chi connectivity index (χ2v) is 6.57. The van der Waals surface area contributed by atoms with Crippen LogP contribution < -0.4 is 10.6 Å². The summed E-state index contributed by atoms with van der Waals surface area (Å²) in [5.41, 5.74) is 2.51. The molecule has 0 aliphatic heterocycles. The number of hydrogen-bond donors (Lipinski definition) is 2. The van der Waals surface area contributed by atoms with Crippen molar-refractivity contribution in [2.24, 2.45) is 0 Å². The number of thiazole rings is 1. The van der Waals surface area contributed by atoms with E-state index in [0.29, 0.717) is 12.2 Å². The number of carbonyl (C=O) groups excluding carboxylic acids is 2. The van der Waals surface area contributed by atoms with Crippen molar-refractivity contribution in [2.45, 2.75) is 33.4 Å². The molecular weight excluding hydrogens is 324 g/mol. The van der Waals surface area contributed by atoms with Crippen LogP contribution in [0.4, 0.5) is 10.5 Å². The minimum absolute atomic E-state index is 0.0259. The zero-order valence-corrected chi connectivity index (χ0v) is 15.1. The van der Waals surface area contributed by atoms with E-state index in [1.165, 1.54) is 18.3 Å². The van der Waals surface area contributed by atoms with Gasteiger partial charge < -0.3 is 15.5 Å². The van der Waals surface area contributed by atoms with Crippen LogP contribution in [0.5, 0.6) is 0 Å². The Labute approximate surface area is 145 Å². The Kier molecular flexibility index (Phi) is 5.92. The molecule has 128 valence electrons. The third kappa shape index (κ3) is 4.79. The van der Waals surface area contributed by atoms with Crippen LogP contribution in [-0.4, -0.2) is 28.9 Å². The summed E-state index contributed by atoms with van der Waals surface area (Å²) < 4.78 is 0. The molecule has 2 N–H and O–H groups in total. The number of urea groups is 1. The van der Waals surface area contributed by atoms with Crippen molar-refractivity contribution in [3.8, 4) is 0 Å². The Morgan fingerprint density at radius 3 is 2.67 bits per heavy atom. The molecule has 0 saturated carbocycles. The molecule has 0 bridgehead atoms. The third-order valence-electron chi connectivity index (χ3n) is 3.57. The van der Waals surface area contributed by atoms with Gasteiger partial charge >= 0.3 is 6.03 Å². The van der Waals surface area contributed by atoms with Gasteiger partial charge in [0.1, 0.15) is 5.01 Å². The average molecular weight is 346 g/mol. The van der Waals surface area contributed by atoms with E-state index in [2.05, 4.69) is 15.6 Å². The van der Waals surface area contributed by atoms with Crippen LogP contribution in [0.3, 0.4) is 0 Å². The summed E-state index contributed by atoms with van der Waals surface area (Å²) in [7, 11) is 1.73. The topological polar surface area (TPSA) is 74.3 Å². The number of carbonyl (C=O) groups is 2. The van der Waals surface area contributed by atoms with Crippen molar-refractivity contribution in [1.82, 2.24) is 15.2 Å². The summed E-state index contributed by atoms with van der Waals surface area (Å²) in [6, 6.07) is 6.97. The fourth-order valence-corrected chi connectivity index (χ4v) is 2.94. The Hall–Kier alpha value is -2.41. The van der Waals surface area contributed by atoms with E-state index >= 15 is 0 Å². The molecule has 7 heteroatoms. The maximum Gasteiger partial charge on any atom is 0.319 e. The van der Waals surface area contributed by atoms with Gasteiger partial charge in [0.05, 0.1) is 6.04 Å². The zero-order chi connectivity index (χ0) is 17.7. The summed E-state index contributed by atoms with van der Waals surface area (Å²) >= 11 is 1.52. The predicted molar refractivity (Wildman–Crippen MR) is 96.0 cm³/mol. The Morgan fingerprint density at radius 1 is 1.33 bits per heavy atom. The molecule has 3 amide bonds. The standard InChI is InChI=1S/C17H22N4O2S/c1-11-10-24-16(18-11)12(2)19-17(23)20-15-8-6-5-7-14(15)9-21(4)13(3)22/h5-8,10,12H,9H2,1-4H3,(H2,19,20,23)/t12-/m0/s1. The van der Waals surface area contributed by atoms with Gasteiger partial charge in [0.2, 0.25) is 5.91 Å². The van der Waals surface area contributed by atoms with Crippen LogP contribution in [0.2, 0.25) is 0 Å². The van der Waals surface area contributed by atoms with Gasteiger partial charge in [-0.2, -0.15) is 0 Å². The Balaban J connectivity index is 2.02. The van der Waals surface area contributed by atoms with Crippen LogP contribution in [-0.2, 0) is 11.3 Å². The largest absolute Gasteiger partial charge is 0.342 e. The van der Waals surface area contributed by atoms with E-state index in [4.69, 9.17) is 0 Å². The predicted octanol–water partition coefficient (Wildman–Crippen LogP) is 3.31. The SMILES string of the molecule is CC(=O)N(C)Cc1ccccc1NC(=O)N[C@@H](C)c1nc(C)cs1. The van der Waals surface area contributed by atoms with Crippen LogP contribution in [0.25, 0.3) is 0 Å². The number of aryl methyl sites for hydroxylation is 1. The van der Waals surface area contributed by atoms with Gasteiger partial charge in [0.15, 0.2) is 0 Å². The highest BCUT2D eigenvalue weighted by atomic mass is 32.1. The zero-order valence-electron chi connectivity index (χ0n) is 14.3. The molecule has 0 fully saturated rings. The van der Waals surface area contributed by atoms with Gasteiger partial charge in [-0.25, -0.2) is 9.78 Å². The summed E-state index contributed by atoms with van der Waals surface area (Å²) in [6.07, 6.45) is 0. The highest BCUT2D eigenvalue weighted by Crippen LogP contribution is 2.19. The molecule has 1 heterocycles.